The summed E-state index contributed by atoms with van der Waals surface area (Å²) >= 11 is 13.6. The molecule has 0 spiro atoms. The van der Waals surface area contributed by atoms with Gasteiger partial charge in [0.15, 0.2) is 5.13 Å². The molecule has 0 atom stereocenters. The molecule has 2 N–H and O–H groups in total. The second-order valence-corrected chi connectivity index (χ2v) is 9.29. The number of anilines is 1. The molecule has 0 aliphatic carbocycles. The summed E-state index contributed by atoms with van der Waals surface area (Å²) in [6, 6.07) is 19.5. The van der Waals surface area contributed by atoms with E-state index in [2.05, 4.69) is 10.3 Å². The van der Waals surface area contributed by atoms with Crippen LogP contribution in [-0.4, -0.2) is 22.0 Å². The first-order chi connectivity index (χ1) is 17.4. The maximum atomic E-state index is 13.0. The van der Waals surface area contributed by atoms with Crippen molar-refractivity contribution in [1.82, 2.24) is 4.98 Å². The van der Waals surface area contributed by atoms with Gasteiger partial charge < -0.3 is 14.6 Å². The van der Waals surface area contributed by atoms with Crippen LogP contribution in [0.3, 0.4) is 0 Å². The fourth-order valence-corrected chi connectivity index (χ4v) is 4.28. The lowest BCUT2D eigenvalue weighted by atomic mass is 10.2. The van der Waals surface area contributed by atoms with Crippen LogP contribution in [0.2, 0.25) is 10.0 Å². The van der Waals surface area contributed by atoms with Crippen molar-refractivity contribution in [3.8, 4) is 11.5 Å². The summed E-state index contributed by atoms with van der Waals surface area (Å²) in [5.41, 5.74) is 2.22. The van der Waals surface area contributed by atoms with Gasteiger partial charge >= 0.3 is 5.97 Å². The first kappa shape index (κ1) is 25.5. The lowest BCUT2D eigenvalue weighted by Crippen LogP contribution is -2.12. The van der Waals surface area contributed by atoms with E-state index in [4.69, 9.17) is 37.8 Å². The highest BCUT2D eigenvalue weighted by molar-refractivity contribution is 7.14. The molecule has 7 nitrogen and oxygen atoms in total. The van der Waals surface area contributed by atoms with Crippen molar-refractivity contribution >= 4 is 51.5 Å². The quantitative estimate of drug-likeness (QED) is 0.237. The van der Waals surface area contributed by atoms with Gasteiger partial charge in [-0.05, 0) is 24.3 Å². The average Bonchev–Trinajstić information content (AvgIpc) is 3.28. The maximum Gasteiger partial charge on any atom is 0.309 e. The van der Waals surface area contributed by atoms with Gasteiger partial charge in [0.25, 0.3) is 5.91 Å². The van der Waals surface area contributed by atoms with Gasteiger partial charge in [-0.3, -0.25) is 14.9 Å². The van der Waals surface area contributed by atoms with E-state index in [1.165, 1.54) is 0 Å². The number of nitrogens with one attached hydrogen (secondary N) is 1. The lowest BCUT2D eigenvalue weighted by Gasteiger charge is -2.13. The molecule has 0 saturated carbocycles. The number of thiazole rings is 1. The number of amides is 1. The predicted molar refractivity (Wildman–Crippen MR) is 139 cm³/mol. The van der Waals surface area contributed by atoms with Gasteiger partial charge in [-0.1, -0.05) is 59.6 Å². The number of nitrogens with zero attached hydrogens (tertiary/aromatic N) is 1. The average molecular weight is 543 g/mol. The minimum absolute atomic E-state index is 0.194. The fourth-order valence-electron chi connectivity index (χ4n) is 3.19. The number of carboxylic acids is 1. The Hall–Kier alpha value is -3.59. The molecule has 1 amide bonds. The van der Waals surface area contributed by atoms with Gasteiger partial charge in [0.1, 0.15) is 24.7 Å². The second-order valence-electron chi connectivity index (χ2n) is 7.62. The smallest absolute Gasteiger partial charge is 0.309 e. The summed E-state index contributed by atoms with van der Waals surface area (Å²) in [5.74, 6) is -0.635. The van der Waals surface area contributed by atoms with Gasteiger partial charge in [0.2, 0.25) is 0 Å². The molecule has 0 saturated heterocycles. The van der Waals surface area contributed by atoms with E-state index in [9.17, 15) is 9.59 Å². The van der Waals surface area contributed by atoms with Gasteiger partial charge in [-0.15, -0.1) is 11.3 Å². The molecule has 3 aromatic carbocycles. The molecule has 4 rings (SSSR count). The Kier molecular flexibility index (Phi) is 8.43. The van der Waals surface area contributed by atoms with E-state index in [-0.39, 0.29) is 30.3 Å². The molecule has 0 radical (unpaired) electrons. The van der Waals surface area contributed by atoms with Crippen LogP contribution in [0.15, 0.2) is 72.1 Å². The highest BCUT2D eigenvalue weighted by atomic mass is 35.5. The first-order valence-electron chi connectivity index (χ1n) is 10.7. The first-order valence-corrected chi connectivity index (χ1v) is 12.4. The SMILES string of the molecule is O=C(O)Cc1csc(NC(=O)c2cc(OCc3ccccc3Cl)cc(OCc3ccccc3Cl)c2)n1. The molecule has 0 unspecified atom stereocenters. The number of ether oxygens (including phenoxy) is 2. The summed E-state index contributed by atoms with van der Waals surface area (Å²) in [6.07, 6.45) is -0.224. The predicted octanol–water partition coefficient (Wildman–Crippen LogP) is 6.49. The van der Waals surface area contributed by atoms with Crippen LogP contribution in [0.25, 0.3) is 0 Å². The number of carbonyl (C=O) groups is 2. The molecular formula is C26H20Cl2N2O5S. The highest BCUT2D eigenvalue weighted by Gasteiger charge is 2.15. The normalized spacial score (nSPS) is 10.6. The summed E-state index contributed by atoms with van der Waals surface area (Å²) in [5, 5.41) is 14.6. The van der Waals surface area contributed by atoms with E-state index >= 15 is 0 Å². The minimum Gasteiger partial charge on any atom is -0.489 e. The largest absolute Gasteiger partial charge is 0.489 e. The van der Waals surface area contributed by atoms with Gasteiger partial charge in [0.05, 0.1) is 12.1 Å². The van der Waals surface area contributed by atoms with Crippen LogP contribution in [0, 0.1) is 0 Å². The van der Waals surface area contributed by atoms with Crippen LogP contribution in [0.4, 0.5) is 5.13 Å². The molecule has 0 bridgehead atoms. The van der Waals surface area contributed by atoms with Gasteiger partial charge in [-0.25, -0.2) is 4.98 Å². The zero-order chi connectivity index (χ0) is 25.5. The van der Waals surface area contributed by atoms with Crippen LogP contribution in [-0.2, 0) is 24.4 Å². The van der Waals surface area contributed by atoms with Crippen molar-refractivity contribution in [3.63, 3.8) is 0 Å². The van der Waals surface area contributed by atoms with Crippen LogP contribution in [0.1, 0.15) is 27.2 Å². The third-order valence-electron chi connectivity index (χ3n) is 4.95. The topological polar surface area (TPSA) is 97.8 Å². The third-order valence-corrected chi connectivity index (χ3v) is 6.50. The summed E-state index contributed by atoms with van der Waals surface area (Å²) in [6.45, 7) is 0.388. The van der Waals surface area contributed by atoms with Crippen molar-refractivity contribution < 1.29 is 24.2 Å². The lowest BCUT2D eigenvalue weighted by molar-refractivity contribution is -0.136. The third kappa shape index (κ3) is 6.97. The number of carboxylic acid groups (broad SMARTS) is 1. The van der Waals surface area contributed by atoms with Gasteiger partial charge in [0, 0.05) is 38.2 Å². The Morgan fingerprint density at radius 1 is 0.889 bits per heavy atom. The van der Waals surface area contributed by atoms with E-state index in [0.717, 1.165) is 22.5 Å². The van der Waals surface area contributed by atoms with Crippen LogP contribution in [0.5, 0.6) is 11.5 Å². The molecule has 184 valence electrons. The van der Waals surface area contributed by atoms with Crippen molar-refractivity contribution in [1.29, 1.82) is 0 Å². The number of hydrogen-bond acceptors (Lipinski definition) is 6. The molecule has 1 heterocycles. The molecule has 0 aliphatic rings. The Morgan fingerprint density at radius 3 is 1.97 bits per heavy atom. The van der Waals surface area contributed by atoms with E-state index in [1.807, 2.05) is 36.4 Å². The van der Waals surface area contributed by atoms with Gasteiger partial charge in [-0.2, -0.15) is 0 Å². The zero-order valence-electron chi connectivity index (χ0n) is 18.7. The molecule has 10 heteroatoms. The number of aliphatic carboxylic acids is 1. The number of benzene rings is 3. The van der Waals surface area contributed by atoms with Crippen molar-refractivity contribution in [2.45, 2.75) is 19.6 Å². The van der Waals surface area contributed by atoms with E-state index in [0.29, 0.717) is 27.2 Å². The summed E-state index contributed by atoms with van der Waals surface area (Å²) in [7, 11) is 0. The highest BCUT2D eigenvalue weighted by Crippen LogP contribution is 2.28. The summed E-state index contributed by atoms with van der Waals surface area (Å²) in [4.78, 5) is 28.0. The Bertz CT molecular complexity index is 1320. The van der Waals surface area contributed by atoms with Crippen LogP contribution < -0.4 is 14.8 Å². The van der Waals surface area contributed by atoms with E-state index < -0.39 is 11.9 Å². The molecular weight excluding hydrogens is 523 g/mol. The molecule has 1 aromatic heterocycles. The zero-order valence-corrected chi connectivity index (χ0v) is 21.1. The van der Waals surface area contributed by atoms with Crippen LogP contribution >= 0.6 is 34.5 Å². The fraction of sp³-hybridized carbons (Fsp3) is 0.115. The number of halogens is 2. The number of carbonyl (C=O) groups excluding carboxylic acids is 1. The Morgan fingerprint density at radius 2 is 1.44 bits per heavy atom. The molecule has 36 heavy (non-hydrogen) atoms. The number of aromatic nitrogens is 1. The number of hydrogen-bond donors (Lipinski definition) is 2. The number of rotatable bonds is 10. The maximum absolute atomic E-state index is 13.0. The molecule has 0 fully saturated rings. The van der Waals surface area contributed by atoms with Crippen molar-refractivity contribution in [2.24, 2.45) is 0 Å². The van der Waals surface area contributed by atoms with Crippen molar-refractivity contribution in [3.05, 3.63) is 105 Å². The Balaban J connectivity index is 1.54. The Labute approximate surface area is 221 Å². The monoisotopic (exact) mass is 542 g/mol. The standard InChI is InChI=1S/C26H20Cl2N2O5S/c27-22-7-3-1-5-16(22)13-34-20-9-18(25(33)30-26-29-19(15-36-26)11-24(31)32)10-21(12-20)35-14-17-6-2-4-8-23(17)28/h1-10,12,15H,11,13-14H2,(H,31,32)(H,29,30,33). The minimum atomic E-state index is -0.998. The second kappa shape index (κ2) is 11.9. The summed E-state index contributed by atoms with van der Waals surface area (Å²) < 4.78 is 11.9. The molecule has 0 aliphatic heterocycles. The van der Waals surface area contributed by atoms with E-state index in [1.54, 1.807) is 35.7 Å². The molecule has 4 aromatic rings. The van der Waals surface area contributed by atoms with Crippen molar-refractivity contribution in [2.75, 3.05) is 5.32 Å².